The Bertz CT molecular complexity index is 700. The quantitative estimate of drug-likeness (QED) is 0.510. The molecule has 0 bridgehead atoms. The molecule has 1 N–H and O–H groups in total. The molecular weight excluding hydrogens is 336 g/mol. The molecule has 2 fully saturated rings. The highest BCUT2D eigenvalue weighted by Crippen LogP contribution is 2.44. The van der Waals surface area contributed by atoms with Gasteiger partial charge in [-0.25, -0.2) is 0 Å². The number of amides is 1. The number of carbonyl (C=O) groups excluding carboxylic acids is 2. The van der Waals surface area contributed by atoms with Crippen molar-refractivity contribution in [2.24, 2.45) is 5.92 Å². The first-order valence-corrected chi connectivity index (χ1v) is 8.26. The second-order valence-corrected chi connectivity index (χ2v) is 6.70. The molecule has 1 aliphatic heterocycles. The lowest BCUT2D eigenvalue weighted by Crippen LogP contribution is -2.43. The summed E-state index contributed by atoms with van der Waals surface area (Å²) in [4.78, 5) is 35.0. The lowest BCUT2D eigenvalue weighted by atomic mass is 9.75. The van der Waals surface area contributed by atoms with Crippen LogP contribution in [0.25, 0.3) is 0 Å². The van der Waals surface area contributed by atoms with E-state index in [2.05, 4.69) is 5.32 Å². The van der Waals surface area contributed by atoms with E-state index in [0.717, 1.165) is 19.3 Å². The fourth-order valence-electron chi connectivity index (χ4n) is 3.61. The van der Waals surface area contributed by atoms with Crippen LogP contribution in [0.15, 0.2) is 18.2 Å². The summed E-state index contributed by atoms with van der Waals surface area (Å²) in [6.07, 6.45) is 4.17. The first-order valence-electron chi connectivity index (χ1n) is 7.88. The van der Waals surface area contributed by atoms with Crippen molar-refractivity contribution in [3.63, 3.8) is 0 Å². The minimum absolute atomic E-state index is 0.00716. The molecule has 1 atom stereocenters. The number of nitro benzene ring substituents is 1. The molecule has 24 heavy (non-hydrogen) atoms. The predicted molar refractivity (Wildman–Crippen MR) is 86.8 cm³/mol. The van der Waals surface area contributed by atoms with Gasteiger partial charge in [-0.05, 0) is 37.8 Å². The molecule has 1 aromatic rings. The Balaban J connectivity index is 1.84. The number of carbonyl (C=O) groups is 2. The number of nitrogens with zero attached hydrogens (tertiary/aromatic N) is 1. The van der Waals surface area contributed by atoms with Gasteiger partial charge in [-0.15, -0.1) is 0 Å². The first kappa shape index (κ1) is 16.7. The van der Waals surface area contributed by atoms with Crippen LogP contribution in [0.3, 0.4) is 0 Å². The largest absolute Gasteiger partial charge is 0.458 e. The average molecular weight is 353 g/mol. The third kappa shape index (κ3) is 3.08. The molecule has 2 aliphatic rings. The van der Waals surface area contributed by atoms with Crippen LogP contribution >= 0.6 is 11.6 Å². The second kappa shape index (κ2) is 6.39. The third-order valence-electron chi connectivity index (χ3n) is 4.75. The maximum atomic E-state index is 12.7. The summed E-state index contributed by atoms with van der Waals surface area (Å²) in [5, 5.41) is 13.9. The van der Waals surface area contributed by atoms with Crippen LogP contribution in [0.5, 0.6) is 0 Å². The molecule has 8 heteroatoms. The van der Waals surface area contributed by atoms with Gasteiger partial charge in [0.25, 0.3) is 5.69 Å². The topological polar surface area (TPSA) is 98.5 Å². The summed E-state index contributed by atoms with van der Waals surface area (Å²) < 4.78 is 5.50. The van der Waals surface area contributed by atoms with Gasteiger partial charge in [-0.2, -0.15) is 0 Å². The van der Waals surface area contributed by atoms with Crippen molar-refractivity contribution in [1.29, 1.82) is 0 Å². The van der Waals surface area contributed by atoms with Crippen LogP contribution in [-0.4, -0.2) is 22.4 Å². The number of ether oxygens (including phenoxy) is 1. The number of hydrogen-bond donors (Lipinski definition) is 1. The van der Waals surface area contributed by atoms with Crippen molar-refractivity contribution in [2.75, 3.05) is 5.32 Å². The zero-order valence-electron chi connectivity index (χ0n) is 12.9. The fourth-order valence-corrected chi connectivity index (χ4v) is 3.77. The van der Waals surface area contributed by atoms with Crippen molar-refractivity contribution in [3.8, 4) is 0 Å². The van der Waals surface area contributed by atoms with Crippen LogP contribution < -0.4 is 5.32 Å². The van der Waals surface area contributed by atoms with Gasteiger partial charge in [0.1, 0.15) is 11.3 Å². The van der Waals surface area contributed by atoms with Crippen molar-refractivity contribution in [2.45, 2.75) is 44.1 Å². The van der Waals surface area contributed by atoms with E-state index in [-0.39, 0.29) is 28.8 Å². The summed E-state index contributed by atoms with van der Waals surface area (Å²) in [5.41, 5.74) is -0.973. The molecule has 1 saturated heterocycles. The minimum atomic E-state index is -0.763. The maximum Gasteiger partial charge on any atom is 0.307 e. The van der Waals surface area contributed by atoms with Crippen molar-refractivity contribution in [1.82, 2.24) is 0 Å². The van der Waals surface area contributed by atoms with Crippen LogP contribution in [0, 0.1) is 16.0 Å². The van der Waals surface area contributed by atoms with E-state index in [0.29, 0.717) is 12.8 Å². The molecule has 0 unspecified atom stereocenters. The molecule has 128 valence electrons. The number of benzene rings is 1. The first-order chi connectivity index (χ1) is 11.4. The van der Waals surface area contributed by atoms with Gasteiger partial charge in [0.2, 0.25) is 5.91 Å². The molecule has 1 spiro atoms. The highest BCUT2D eigenvalue weighted by molar-refractivity contribution is 6.31. The molecule has 1 heterocycles. The third-order valence-corrected chi connectivity index (χ3v) is 4.99. The van der Waals surface area contributed by atoms with Gasteiger partial charge >= 0.3 is 5.97 Å². The normalized spacial score (nSPS) is 22.2. The second-order valence-electron chi connectivity index (χ2n) is 6.26. The van der Waals surface area contributed by atoms with Gasteiger partial charge in [-0.1, -0.05) is 18.0 Å². The lowest BCUT2D eigenvalue weighted by Gasteiger charge is -2.35. The summed E-state index contributed by atoms with van der Waals surface area (Å²) >= 11 is 5.78. The average Bonchev–Trinajstić information content (AvgIpc) is 2.85. The Morgan fingerprint density at radius 2 is 2.04 bits per heavy atom. The Hall–Kier alpha value is -2.15. The summed E-state index contributed by atoms with van der Waals surface area (Å²) in [7, 11) is 0. The van der Waals surface area contributed by atoms with E-state index in [4.69, 9.17) is 16.3 Å². The van der Waals surface area contributed by atoms with Gasteiger partial charge in [0, 0.05) is 11.1 Å². The number of halogens is 1. The summed E-state index contributed by atoms with van der Waals surface area (Å²) in [5.74, 6) is -1.43. The van der Waals surface area contributed by atoms with Crippen molar-refractivity contribution in [3.05, 3.63) is 33.3 Å². The van der Waals surface area contributed by atoms with Crippen LogP contribution in [0.4, 0.5) is 11.4 Å². The zero-order valence-corrected chi connectivity index (χ0v) is 13.7. The van der Waals surface area contributed by atoms with E-state index < -0.39 is 22.3 Å². The molecular formula is C16H17ClN2O5. The number of anilines is 1. The smallest absolute Gasteiger partial charge is 0.307 e. The molecule has 0 radical (unpaired) electrons. The van der Waals surface area contributed by atoms with E-state index in [9.17, 15) is 19.7 Å². The van der Waals surface area contributed by atoms with E-state index in [1.54, 1.807) is 0 Å². The lowest BCUT2D eigenvalue weighted by molar-refractivity contribution is -0.383. The van der Waals surface area contributed by atoms with Gasteiger partial charge in [0.15, 0.2) is 0 Å². The molecule has 1 aromatic carbocycles. The van der Waals surface area contributed by atoms with Gasteiger partial charge in [0.05, 0.1) is 17.3 Å². The summed E-state index contributed by atoms with van der Waals surface area (Å²) in [6.45, 7) is 0. The fraction of sp³-hybridized carbons (Fsp3) is 0.500. The highest BCUT2D eigenvalue weighted by Gasteiger charge is 2.53. The number of esters is 1. The van der Waals surface area contributed by atoms with Crippen molar-refractivity contribution >= 4 is 34.9 Å². The molecule has 3 rings (SSSR count). The Labute approximate surface area is 143 Å². The maximum absolute atomic E-state index is 12.7. The Kier molecular flexibility index (Phi) is 4.45. The minimum Gasteiger partial charge on any atom is -0.458 e. The summed E-state index contributed by atoms with van der Waals surface area (Å²) in [6, 6.07) is 4.05. The number of hydrogen-bond acceptors (Lipinski definition) is 5. The van der Waals surface area contributed by atoms with E-state index >= 15 is 0 Å². The number of nitrogens with one attached hydrogen (secondary N) is 1. The Morgan fingerprint density at radius 1 is 1.33 bits per heavy atom. The van der Waals surface area contributed by atoms with Gasteiger partial charge in [-0.3, -0.25) is 19.7 Å². The van der Waals surface area contributed by atoms with Gasteiger partial charge < -0.3 is 10.1 Å². The van der Waals surface area contributed by atoms with Crippen LogP contribution in [0.1, 0.15) is 38.5 Å². The van der Waals surface area contributed by atoms with E-state index in [1.165, 1.54) is 18.2 Å². The molecule has 7 nitrogen and oxygen atoms in total. The molecule has 0 aromatic heterocycles. The number of nitro groups is 1. The molecule has 1 aliphatic carbocycles. The van der Waals surface area contributed by atoms with Crippen molar-refractivity contribution < 1.29 is 19.2 Å². The van der Waals surface area contributed by atoms with Crippen LogP contribution in [0.2, 0.25) is 5.02 Å². The monoisotopic (exact) mass is 352 g/mol. The molecule has 1 amide bonds. The SMILES string of the molecule is O=C1C[C@@H](C(=O)Nc2ccc(Cl)cc2[N+](=O)[O-])C2(CCCCC2)O1. The van der Waals surface area contributed by atoms with E-state index in [1.807, 2.05) is 0 Å². The standard InChI is InChI=1S/C16H17ClN2O5/c17-10-4-5-12(13(8-10)19(22)23)18-15(21)11-9-14(20)24-16(11)6-2-1-3-7-16/h4-5,8,11H,1-3,6-7,9H2,(H,18,21)/t11-/m0/s1. The Morgan fingerprint density at radius 3 is 2.71 bits per heavy atom. The number of rotatable bonds is 3. The highest BCUT2D eigenvalue weighted by atomic mass is 35.5. The molecule has 1 saturated carbocycles. The zero-order chi connectivity index (χ0) is 17.3. The predicted octanol–water partition coefficient (Wildman–Crippen LogP) is 3.45. The van der Waals surface area contributed by atoms with Crippen LogP contribution in [-0.2, 0) is 14.3 Å².